The normalized spacial score (nSPS) is 11.3. The molecule has 0 amide bonds. The lowest BCUT2D eigenvalue weighted by Gasteiger charge is -2.10. The molecule has 0 unspecified atom stereocenters. The van der Waals surface area contributed by atoms with E-state index in [1.54, 1.807) is 0 Å². The van der Waals surface area contributed by atoms with Gasteiger partial charge in [-0.2, -0.15) is 0 Å². The van der Waals surface area contributed by atoms with E-state index in [4.69, 9.17) is 5.11 Å². The Bertz CT molecular complexity index is 683. The second-order valence-electron chi connectivity index (χ2n) is 3.85. The quantitative estimate of drug-likeness (QED) is 0.280. The standard InChI is InChI=1S/C13H9FN2O4/c14-8-4-6-9(7-5-8)15-13(18)10-2-1-3-11(12(10)17)16(19)20/h1-7,17H,(H,15,18). The molecule has 0 spiro atoms. The predicted octanol–water partition coefficient (Wildman–Crippen LogP) is 1.61. The minimum atomic E-state index is -0.787. The van der Waals surface area contributed by atoms with Crippen LogP contribution in [0.3, 0.4) is 0 Å². The molecule has 0 fully saturated rings. The number of benzene rings is 2. The van der Waals surface area contributed by atoms with Crippen LogP contribution in [0.5, 0.6) is 5.75 Å². The van der Waals surface area contributed by atoms with E-state index in [9.17, 15) is 19.6 Å². The zero-order valence-electron chi connectivity index (χ0n) is 10.0. The molecule has 2 aromatic carbocycles. The molecule has 0 saturated heterocycles. The minimum absolute atomic E-state index is 0.177. The molecule has 0 bridgehead atoms. The lowest BCUT2D eigenvalue weighted by atomic mass is 10.1. The molecule has 6 nitrogen and oxygen atoms in total. The highest BCUT2D eigenvalue weighted by Gasteiger charge is 2.21. The van der Waals surface area contributed by atoms with E-state index in [1.165, 1.54) is 24.3 Å². The highest BCUT2D eigenvalue weighted by Crippen LogP contribution is 2.29. The molecule has 0 radical (unpaired) electrons. The van der Waals surface area contributed by atoms with Gasteiger partial charge in [0.1, 0.15) is 5.82 Å². The van der Waals surface area contributed by atoms with Crippen LogP contribution in [-0.2, 0) is 0 Å². The molecule has 7 heteroatoms. The Kier molecular flexibility index (Phi) is 3.60. The summed E-state index contributed by atoms with van der Waals surface area (Å²) in [5.74, 6) is -1.74. The first kappa shape index (κ1) is 13.5. The lowest BCUT2D eigenvalue weighted by molar-refractivity contribution is -0.385. The van der Waals surface area contributed by atoms with Crippen molar-refractivity contribution in [1.82, 2.24) is 0 Å². The number of hydrogen-bond donors (Lipinski definition) is 0. The largest absolute Gasteiger partial charge is 0.858 e. The van der Waals surface area contributed by atoms with Gasteiger partial charge >= 0.3 is 11.4 Å². The van der Waals surface area contributed by atoms with Crippen molar-refractivity contribution in [2.45, 2.75) is 0 Å². The average Bonchev–Trinajstić information content (AvgIpc) is 2.41. The molecule has 0 heterocycles. The Morgan fingerprint density at radius 1 is 1.20 bits per heavy atom. The van der Waals surface area contributed by atoms with Crippen molar-refractivity contribution in [3.05, 3.63) is 64.0 Å². The summed E-state index contributed by atoms with van der Waals surface area (Å²) in [5.41, 5.74) is -0.434. The van der Waals surface area contributed by atoms with Crippen molar-refractivity contribution in [2.24, 2.45) is 4.99 Å². The van der Waals surface area contributed by atoms with Gasteiger partial charge in [-0.25, -0.2) is 4.39 Å². The van der Waals surface area contributed by atoms with Crippen LogP contribution in [0, 0.1) is 15.9 Å². The van der Waals surface area contributed by atoms with Crippen LogP contribution in [0.4, 0.5) is 15.8 Å². The molecule has 0 aliphatic carbocycles. The van der Waals surface area contributed by atoms with Gasteiger partial charge in [-0.3, -0.25) is 15.1 Å². The van der Waals surface area contributed by atoms with Gasteiger partial charge in [0, 0.05) is 12.0 Å². The fourth-order valence-electron chi connectivity index (χ4n) is 1.56. The fraction of sp³-hybridized carbons (Fsp3) is 0. The van der Waals surface area contributed by atoms with E-state index in [1.807, 2.05) is 0 Å². The number of nitrogens with zero attached hydrogens (tertiary/aromatic N) is 2. The van der Waals surface area contributed by atoms with Crippen LogP contribution in [0.15, 0.2) is 47.5 Å². The van der Waals surface area contributed by atoms with E-state index in [-0.39, 0.29) is 11.3 Å². The van der Waals surface area contributed by atoms with Crippen LogP contribution in [0.2, 0.25) is 0 Å². The van der Waals surface area contributed by atoms with Gasteiger partial charge in [0.25, 0.3) is 0 Å². The van der Waals surface area contributed by atoms with Crippen LogP contribution >= 0.6 is 0 Å². The van der Waals surface area contributed by atoms with E-state index in [2.05, 4.69) is 4.99 Å². The Hall–Kier alpha value is -2.96. The molecule has 0 aromatic heterocycles. The van der Waals surface area contributed by atoms with Gasteiger partial charge in [-0.1, -0.05) is 6.07 Å². The smallest absolute Gasteiger partial charge is 0.363 e. The van der Waals surface area contributed by atoms with E-state index in [0.29, 0.717) is 0 Å². The summed E-state index contributed by atoms with van der Waals surface area (Å²) in [6.45, 7) is 0. The summed E-state index contributed by atoms with van der Waals surface area (Å²) in [6.07, 6.45) is 0. The zero-order chi connectivity index (χ0) is 14.7. The molecule has 20 heavy (non-hydrogen) atoms. The number of nitro groups is 1. The van der Waals surface area contributed by atoms with Crippen molar-refractivity contribution in [3.63, 3.8) is 0 Å². The van der Waals surface area contributed by atoms with Crippen LogP contribution < -0.4 is 5.11 Å². The zero-order valence-corrected chi connectivity index (χ0v) is 10.0. The van der Waals surface area contributed by atoms with Crippen molar-refractivity contribution in [1.29, 1.82) is 0 Å². The third-order valence-electron chi connectivity index (χ3n) is 2.53. The maximum atomic E-state index is 12.7. The molecular formula is C13H9FN2O4. The maximum Gasteiger partial charge on any atom is 0.363 e. The average molecular weight is 276 g/mol. The van der Waals surface area contributed by atoms with E-state index >= 15 is 0 Å². The number of nitro benzene ring substituents is 1. The van der Waals surface area contributed by atoms with Gasteiger partial charge < -0.3 is 10.2 Å². The first-order valence-electron chi connectivity index (χ1n) is 5.49. The van der Waals surface area contributed by atoms with Gasteiger partial charge in [-0.05, 0) is 30.3 Å². The van der Waals surface area contributed by atoms with Crippen molar-refractivity contribution >= 4 is 17.3 Å². The van der Waals surface area contributed by atoms with Crippen LogP contribution in [-0.4, -0.2) is 15.9 Å². The third-order valence-corrected chi connectivity index (χ3v) is 2.53. The highest BCUT2D eigenvalue weighted by atomic mass is 19.1. The van der Waals surface area contributed by atoms with Gasteiger partial charge in [0.2, 0.25) is 0 Å². The van der Waals surface area contributed by atoms with Crippen molar-refractivity contribution < 1.29 is 19.5 Å². The summed E-state index contributed by atoms with van der Waals surface area (Å²) in [6, 6.07) is 8.61. The molecule has 2 rings (SSSR count). The Morgan fingerprint density at radius 2 is 1.85 bits per heavy atom. The number of hydrogen-bond acceptors (Lipinski definition) is 4. The number of aliphatic imine (C=N–C) groups is 1. The van der Waals surface area contributed by atoms with Crippen molar-refractivity contribution in [2.75, 3.05) is 0 Å². The predicted molar refractivity (Wildman–Crippen MR) is 68.8 cm³/mol. The molecule has 0 aliphatic rings. The molecule has 0 atom stereocenters. The molecule has 0 aliphatic heterocycles. The van der Waals surface area contributed by atoms with Gasteiger partial charge in [-0.15, -0.1) is 0 Å². The molecule has 0 saturated carbocycles. The molecule has 2 aromatic rings. The Labute approximate surface area is 112 Å². The third kappa shape index (κ3) is 2.72. The second-order valence-corrected chi connectivity index (χ2v) is 3.85. The molecule has 102 valence electrons. The summed E-state index contributed by atoms with van der Waals surface area (Å²) >= 11 is 0. The van der Waals surface area contributed by atoms with Gasteiger partial charge in [0.05, 0.1) is 16.2 Å². The summed E-state index contributed by atoms with van der Waals surface area (Å²) < 4.78 is 12.7. The van der Waals surface area contributed by atoms with Crippen LogP contribution in [0.25, 0.3) is 0 Å². The molecule has 2 N–H and O–H groups in total. The summed E-state index contributed by atoms with van der Waals surface area (Å²) in [4.78, 5) is 13.6. The second kappa shape index (κ2) is 5.35. The Balaban J connectivity index is 2.43. The first-order chi connectivity index (χ1) is 9.49. The maximum absolute atomic E-state index is 12.7. The minimum Gasteiger partial charge on any atom is -0.858 e. The summed E-state index contributed by atoms with van der Waals surface area (Å²) in [5, 5.41) is 30.2. The highest BCUT2D eigenvalue weighted by molar-refractivity contribution is 5.96. The monoisotopic (exact) mass is 276 g/mol. The molecular weight excluding hydrogens is 267 g/mol. The summed E-state index contributed by atoms with van der Waals surface area (Å²) in [7, 11) is 0. The first-order valence-corrected chi connectivity index (χ1v) is 5.49. The number of rotatable bonds is 3. The topological polar surface area (TPSA) is 101 Å². The van der Waals surface area contributed by atoms with E-state index in [0.717, 1.165) is 18.2 Å². The SMILES string of the molecule is O=[N+]([O-])c1cccc(C([O-])=Nc2ccc(F)cc2)c1[OH2+]. The van der Waals surface area contributed by atoms with Crippen molar-refractivity contribution in [3.8, 4) is 5.75 Å². The number of para-hydroxylation sites is 1. The lowest BCUT2D eigenvalue weighted by Crippen LogP contribution is -2.18. The van der Waals surface area contributed by atoms with Gasteiger partial charge in [0.15, 0.2) is 0 Å². The van der Waals surface area contributed by atoms with E-state index < -0.39 is 28.1 Å². The number of halogens is 1. The fourth-order valence-corrected chi connectivity index (χ4v) is 1.56. The van der Waals surface area contributed by atoms with Crippen LogP contribution in [0.1, 0.15) is 5.56 Å². The Morgan fingerprint density at radius 3 is 2.45 bits per heavy atom.